The first-order valence-electron chi connectivity index (χ1n) is 8.22. The van der Waals surface area contributed by atoms with Crippen molar-refractivity contribution < 1.29 is 27.5 Å². The van der Waals surface area contributed by atoms with E-state index in [4.69, 9.17) is 4.74 Å². The number of carbonyl (C=O) groups excluding carboxylic acids is 2. The van der Waals surface area contributed by atoms with E-state index >= 15 is 0 Å². The van der Waals surface area contributed by atoms with Gasteiger partial charge in [0.1, 0.15) is 12.3 Å². The molecule has 2 fully saturated rings. The number of imide groups is 1. The van der Waals surface area contributed by atoms with E-state index in [1.807, 2.05) is 6.07 Å². The van der Waals surface area contributed by atoms with Gasteiger partial charge in [0.15, 0.2) is 0 Å². The summed E-state index contributed by atoms with van der Waals surface area (Å²) in [5, 5.41) is 0. The summed E-state index contributed by atoms with van der Waals surface area (Å²) in [7, 11) is 0. The standard InChI is InChI=1S/C18H14F3N3O3/c19-18(20,21)15-8-12(6-7-22-15)23-13-9-14(13)24(16(23)25)17(26)27-10-11-4-2-1-3-5-11/h1-8,13-14H,9-10H2. The van der Waals surface area contributed by atoms with Crippen molar-refractivity contribution in [3.63, 3.8) is 0 Å². The monoisotopic (exact) mass is 377 g/mol. The Kier molecular flexibility index (Phi) is 4.01. The van der Waals surface area contributed by atoms with Gasteiger partial charge in [-0.2, -0.15) is 13.2 Å². The molecule has 0 N–H and O–H groups in total. The third-order valence-electron chi connectivity index (χ3n) is 4.51. The summed E-state index contributed by atoms with van der Waals surface area (Å²) in [4.78, 5) is 30.4. The Bertz CT molecular complexity index is 888. The summed E-state index contributed by atoms with van der Waals surface area (Å²) in [5.74, 6) is 0. The highest BCUT2D eigenvalue weighted by molar-refractivity contribution is 6.05. The SMILES string of the molecule is O=C(OCc1ccccc1)N1C(=O)N(c2ccnc(C(F)(F)F)c2)C2CC21. The van der Waals surface area contributed by atoms with Crippen LogP contribution in [0.5, 0.6) is 0 Å². The molecule has 1 aliphatic heterocycles. The molecule has 2 unspecified atom stereocenters. The highest BCUT2D eigenvalue weighted by atomic mass is 19.4. The first-order valence-corrected chi connectivity index (χ1v) is 8.22. The maximum Gasteiger partial charge on any atom is 0.433 e. The molecule has 2 heterocycles. The molecule has 27 heavy (non-hydrogen) atoms. The van der Waals surface area contributed by atoms with Crippen LogP contribution in [-0.2, 0) is 17.5 Å². The first kappa shape index (κ1) is 17.3. The number of aromatic nitrogens is 1. The normalized spacial score (nSPS) is 21.2. The second-order valence-corrected chi connectivity index (χ2v) is 6.33. The van der Waals surface area contributed by atoms with E-state index in [2.05, 4.69) is 4.98 Å². The molecule has 0 bridgehead atoms. The van der Waals surface area contributed by atoms with Gasteiger partial charge in [0.05, 0.1) is 12.1 Å². The maximum atomic E-state index is 12.9. The Balaban J connectivity index is 1.49. The lowest BCUT2D eigenvalue weighted by Gasteiger charge is -2.22. The minimum atomic E-state index is -4.62. The number of pyridine rings is 1. The average molecular weight is 377 g/mol. The number of fused-ring (bicyclic) bond motifs is 1. The van der Waals surface area contributed by atoms with Crippen LogP contribution in [0.25, 0.3) is 0 Å². The molecule has 1 aromatic heterocycles. The van der Waals surface area contributed by atoms with Crippen molar-refractivity contribution >= 4 is 17.8 Å². The molecule has 1 saturated carbocycles. The van der Waals surface area contributed by atoms with Gasteiger partial charge in [-0.3, -0.25) is 9.88 Å². The average Bonchev–Trinajstić information content (AvgIpc) is 3.34. The van der Waals surface area contributed by atoms with Crippen molar-refractivity contribution in [2.45, 2.75) is 31.3 Å². The van der Waals surface area contributed by atoms with Gasteiger partial charge in [0, 0.05) is 11.9 Å². The van der Waals surface area contributed by atoms with E-state index in [9.17, 15) is 22.8 Å². The van der Waals surface area contributed by atoms with Gasteiger partial charge in [-0.25, -0.2) is 14.5 Å². The molecule has 2 aliphatic rings. The predicted octanol–water partition coefficient (Wildman–Crippen LogP) is 3.82. The van der Waals surface area contributed by atoms with Crippen LogP contribution in [0.2, 0.25) is 0 Å². The van der Waals surface area contributed by atoms with Crippen molar-refractivity contribution in [2.24, 2.45) is 0 Å². The second-order valence-electron chi connectivity index (χ2n) is 6.33. The Morgan fingerprint density at radius 1 is 1.19 bits per heavy atom. The Morgan fingerprint density at radius 2 is 1.93 bits per heavy atom. The molecule has 6 nitrogen and oxygen atoms in total. The number of nitrogens with zero attached hydrogens (tertiary/aromatic N) is 3. The minimum absolute atomic E-state index is 0.00825. The number of halogens is 3. The van der Waals surface area contributed by atoms with Gasteiger partial charge in [0.25, 0.3) is 0 Å². The molecular weight excluding hydrogens is 363 g/mol. The summed E-state index contributed by atoms with van der Waals surface area (Å²) < 4.78 is 43.8. The molecule has 1 aromatic carbocycles. The number of alkyl halides is 3. The number of carbonyl (C=O) groups is 2. The topological polar surface area (TPSA) is 62.7 Å². The summed E-state index contributed by atoms with van der Waals surface area (Å²) in [6.07, 6.45) is -3.92. The van der Waals surface area contributed by atoms with Crippen LogP contribution in [0.3, 0.4) is 0 Å². The fraction of sp³-hybridized carbons (Fsp3) is 0.278. The summed E-state index contributed by atoms with van der Waals surface area (Å²) in [6, 6.07) is 9.69. The number of ether oxygens (including phenoxy) is 1. The number of rotatable bonds is 3. The van der Waals surface area contributed by atoms with E-state index < -0.39 is 24.0 Å². The molecule has 2 aromatic rings. The molecule has 4 rings (SSSR count). The van der Waals surface area contributed by atoms with Crippen LogP contribution in [-0.4, -0.2) is 34.1 Å². The van der Waals surface area contributed by atoms with Crippen molar-refractivity contribution in [2.75, 3.05) is 4.90 Å². The molecule has 1 aliphatic carbocycles. The number of hydrogen-bond acceptors (Lipinski definition) is 4. The smallest absolute Gasteiger partial charge is 0.433 e. The number of hydrogen-bond donors (Lipinski definition) is 0. The number of urea groups is 1. The highest BCUT2D eigenvalue weighted by Crippen LogP contribution is 2.44. The van der Waals surface area contributed by atoms with Crippen LogP contribution in [0.15, 0.2) is 48.7 Å². The van der Waals surface area contributed by atoms with Crippen LogP contribution in [0, 0.1) is 0 Å². The van der Waals surface area contributed by atoms with Crippen molar-refractivity contribution in [1.29, 1.82) is 0 Å². The van der Waals surface area contributed by atoms with Crippen LogP contribution < -0.4 is 4.90 Å². The van der Waals surface area contributed by atoms with E-state index in [1.165, 1.54) is 11.0 Å². The molecule has 3 amide bonds. The molecular formula is C18H14F3N3O3. The lowest BCUT2D eigenvalue weighted by molar-refractivity contribution is -0.141. The van der Waals surface area contributed by atoms with Gasteiger partial charge < -0.3 is 4.74 Å². The minimum Gasteiger partial charge on any atom is -0.444 e. The fourth-order valence-corrected chi connectivity index (χ4v) is 3.15. The zero-order valence-electron chi connectivity index (χ0n) is 13.9. The van der Waals surface area contributed by atoms with Gasteiger partial charge >= 0.3 is 18.3 Å². The van der Waals surface area contributed by atoms with Crippen molar-refractivity contribution in [1.82, 2.24) is 9.88 Å². The third kappa shape index (κ3) is 3.20. The lowest BCUT2D eigenvalue weighted by atomic mass is 10.2. The van der Waals surface area contributed by atoms with Gasteiger partial charge in [-0.15, -0.1) is 0 Å². The Morgan fingerprint density at radius 3 is 2.63 bits per heavy atom. The largest absolute Gasteiger partial charge is 0.444 e. The maximum absolute atomic E-state index is 12.9. The van der Waals surface area contributed by atoms with Gasteiger partial charge in [-0.1, -0.05) is 30.3 Å². The van der Waals surface area contributed by atoms with Gasteiger partial charge in [-0.05, 0) is 24.1 Å². The summed E-state index contributed by atoms with van der Waals surface area (Å²) in [6.45, 7) is 0.00825. The third-order valence-corrected chi connectivity index (χ3v) is 4.51. The first-order chi connectivity index (χ1) is 12.9. The number of anilines is 1. The summed E-state index contributed by atoms with van der Waals surface area (Å²) >= 11 is 0. The van der Waals surface area contributed by atoms with Gasteiger partial charge in [0.2, 0.25) is 0 Å². The molecule has 0 radical (unpaired) electrons. The summed E-state index contributed by atoms with van der Waals surface area (Å²) in [5.41, 5.74) is -0.256. The lowest BCUT2D eigenvalue weighted by Crippen LogP contribution is -2.41. The predicted molar refractivity (Wildman–Crippen MR) is 87.8 cm³/mol. The van der Waals surface area contributed by atoms with E-state index in [1.54, 1.807) is 24.3 Å². The zero-order valence-corrected chi connectivity index (χ0v) is 13.9. The second kappa shape index (κ2) is 6.26. The quantitative estimate of drug-likeness (QED) is 0.816. The van der Waals surface area contributed by atoms with Crippen molar-refractivity contribution in [3.05, 3.63) is 59.9 Å². The molecule has 1 saturated heterocycles. The van der Waals surface area contributed by atoms with Crippen molar-refractivity contribution in [3.8, 4) is 0 Å². The van der Waals surface area contributed by atoms with Crippen LogP contribution >= 0.6 is 0 Å². The number of amides is 3. The molecule has 140 valence electrons. The fourth-order valence-electron chi connectivity index (χ4n) is 3.15. The van der Waals surface area contributed by atoms with Crippen LogP contribution in [0.1, 0.15) is 17.7 Å². The van der Waals surface area contributed by atoms with E-state index in [0.29, 0.717) is 6.42 Å². The van der Waals surface area contributed by atoms with E-state index in [-0.39, 0.29) is 24.4 Å². The zero-order chi connectivity index (χ0) is 19.2. The van der Waals surface area contributed by atoms with E-state index in [0.717, 1.165) is 22.7 Å². The molecule has 0 spiro atoms. The Hall–Kier alpha value is -3.10. The molecule has 2 atom stereocenters. The number of benzene rings is 1. The highest BCUT2D eigenvalue weighted by Gasteiger charge is 2.60. The van der Waals surface area contributed by atoms with Crippen LogP contribution in [0.4, 0.5) is 28.4 Å². The Labute approximate surface area is 152 Å². The molecule has 9 heteroatoms.